The highest BCUT2D eigenvalue weighted by Crippen LogP contribution is 2.62. The molecule has 0 spiro atoms. The van der Waals surface area contributed by atoms with Crippen LogP contribution in [0.1, 0.15) is 30.1 Å². The summed E-state index contributed by atoms with van der Waals surface area (Å²) in [5.74, 6) is -1.70. The number of nitrogens with one attached hydrogen (secondary N) is 2. The maximum atomic E-state index is 13.0. The molecule has 2 N–H and O–H groups in total. The van der Waals surface area contributed by atoms with Crippen molar-refractivity contribution in [3.8, 4) is 0 Å². The lowest BCUT2D eigenvalue weighted by Gasteiger charge is -2.16. The summed E-state index contributed by atoms with van der Waals surface area (Å²) >= 11 is 0. The lowest BCUT2D eigenvalue weighted by molar-refractivity contribution is -0.125. The number of carbonyl (C=O) groups is 3. The molecule has 0 unspecified atom stereocenters. The van der Waals surface area contributed by atoms with E-state index in [1.165, 1.54) is 12.8 Å². The zero-order chi connectivity index (χ0) is 17.6. The van der Waals surface area contributed by atoms with Crippen LogP contribution in [0.3, 0.4) is 0 Å². The molecule has 0 aromatic heterocycles. The van der Waals surface area contributed by atoms with Crippen LogP contribution in [-0.2, 0) is 9.59 Å². The molecule has 2 amide bonds. The van der Waals surface area contributed by atoms with E-state index in [1.807, 2.05) is 0 Å². The second-order valence-corrected chi connectivity index (χ2v) is 7.44. The third kappa shape index (κ3) is 2.56. The molecule has 0 radical (unpaired) electrons. The van der Waals surface area contributed by atoms with Crippen LogP contribution in [0.25, 0.3) is 0 Å². The van der Waals surface area contributed by atoms with Crippen LogP contribution in [-0.4, -0.2) is 48.7 Å². The fourth-order valence-electron chi connectivity index (χ4n) is 4.39. The van der Waals surface area contributed by atoms with Crippen LogP contribution in [0.15, 0.2) is 24.3 Å². The number of rotatable bonds is 4. The Morgan fingerprint density at radius 3 is 2.76 bits per heavy atom. The van der Waals surface area contributed by atoms with Gasteiger partial charge < -0.3 is 15.5 Å². The summed E-state index contributed by atoms with van der Waals surface area (Å²) in [6.07, 6.45) is 2.43. The van der Waals surface area contributed by atoms with Gasteiger partial charge in [-0.05, 0) is 38.1 Å². The van der Waals surface area contributed by atoms with Crippen molar-refractivity contribution in [2.75, 3.05) is 31.5 Å². The van der Waals surface area contributed by atoms with Gasteiger partial charge in [-0.25, -0.2) is 0 Å². The number of anilines is 1. The molecule has 1 saturated carbocycles. The molecule has 1 aromatic rings. The van der Waals surface area contributed by atoms with Crippen LogP contribution in [0.4, 0.5) is 5.69 Å². The van der Waals surface area contributed by atoms with E-state index < -0.39 is 17.3 Å². The van der Waals surface area contributed by atoms with E-state index in [4.69, 9.17) is 0 Å². The smallest absolute Gasteiger partial charge is 0.229 e. The summed E-state index contributed by atoms with van der Waals surface area (Å²) in [4.78, 5) is 40.4. The number of amides is 2. The van der Waals surface area contributed by atoms with Crippen molar-refractivity contribution >= 4 is 23.3 Å². The number of hydrogen-bond donors (Lipinski definition) is 2. The summed E-state index contributed by atoms with van der Waals surface area (Å²) in [5, 5.41) is 5.73. The zero-order valence-corrected chi connectivity index (χ0v) is 14.4. The van der Waals surface area contributed by atoms with Crippen molar-refractivity contribution in [2.45, 2.75) is 19.8 Å². The van der Waals surface area contributed by atoms with Crippen LogP contribution in [0.2, 0.25) is 0 Å². The summed E-state index contributed by atoms with van der Waals surface area (Å²) in [7, 11) is 0. The molecule has 1 saturated heterocycles. The Morgan fingerprint density at radius 2 is 2.00 bits per heavy atom. The quantitative estimate of drug-likeness (QED) is 0.865. The van der Waals surface area contributed by atoms with E-state index in [0.717, 1.165) is 19.6 Å². The minimum Gasteiger partial charge on any atom is -0.355 e. The van der Waals surface area contributed by atoms with Gasteiger partial charge in [0.1, 0.15) is 0 Å². The minimum absolute atomic E-state index is 0.119. The Bertz CT molecular complexity index is 741. The van der Waals surface area contributed by atoms with E-state index in [1.54, 1.807) is 31.2 Å². The topological polar surface area (TPSA) is 78.5 Å². The molecule has 3 atom stereocenters. The first-order chi connectivity index (χ1) is 12.0. The Morgan fingerprint density at radius 1 is 1.28 bits per heavy atom. The van der Waals surface area contributed by atoms with Gasteiger partial charge >= 0.3 is 0 Å². The van der Waals surface area contributed by atoms with E-state index in [-0.39, 0.29) is 17.6 Å². The first-order valence-electron chi connectivity index (χ1n) is 8.98. The summed E-state index contributed by atoms with van der Waals surface area (Å²) in [5.41, 5.74) is 0.0985. The second-order valence-electron chi connectivity index (χ2n) is 7.44. The molecule has 3 aliphatic rings. The molecule has 2 aliphatic heterocycles. The molecule has 6 heteroatoms. The van der Waals surface area contributed by atoms with Crippen molar-refractivity contribution in [1.29, 1.82) is 0 Å². The molecule has 2 heterocycles. The van der Waals surface area contributed by atoms with Gasteiger partial charge in [0.15, 0.2) is 5.78 Å². The number of carbonyl (C=O) groups excluding carboxylic acids is 3. The molecular weight excluding hydrogens is 318 g/mol. The Hall–Kier alpha value is -2.21. The Labute approximate surface area is 147 Å². The molecule has 6 nitrogen and oxygen atoms in total. The minimum atomic E-state index is -0.936. The number of Topliss-reactive ketones (excluding diaryl/α,β-unsaturated/α-hetero) is 1. The standard InChI is InChI=1S/C19H23N3O3/c1-19-14(17(24)20-8-11-22-9-4-5-10-22)15(19)18(25)21-13-7-3-2-6-12(13)16(19)23/h2-3,6-7,14-15H,4-5,8-11H2,1H3,(H,20,24)(H,21,25)/t14-,15-,19+/m0/s1. The largest absolute Gasteiger partial charge is 0.355 e. The van der Waals surface area contributed by atoms with Gasteiger partial charge in [-0.3, -0.25) is 14.4 Å². The number of likely N-dealkylation sites (tertiary alicyclic amines) is 1. The Kier molecular flexibility index (Phi) is 3.87. The van der Waals surface area contributed by atoms with Crippen molar-refractivity contribution in [2.24, 2.45) is 17.3 Å². The first-order valence-corrected chi connectivity index (χ1v) is 8.98. The maximum absolute atomic E-state index is 13.0. The molecular formula is C19H23N3O3. The number of para-hydroxylation sites is 1. The van der Waals surface area contributed by atoms with Crippen molar-refractivity contribution in [1.82, 2.24) is 10.2 Å². The molecule has 1 aromatic carbocycles. The molecule has 4 rings (SSSR count). The van der Waals surface area contributed by atoms with Gasteiger partial charge in [0.05, 0.1) is 22.9 Å². The predicted molar refractivity (Wildman–Crippen MR) is 93.2 cm³/mol. The molecule has 2 fully saturated rings. The maximum Gasteiger partial charge on any atom is 0.229 e. The van der Waals surface area contributed by atoms with E-state index in [2.05, 4.69) is 15.5 Å². The third-order valence-corrected chi connectivity index (χ3v) is 5.93. The number of ketones is 1. The Balaban J connectivity index is 1.47. The van der Waals surface area contributed by atoms with Crippen molar-refractivity contribution in [3.63, 3.8) is 0 Å². The van der Waals surface area contributed by atoms with Crippen LogP contribution in [0.5, 0.6) is 0 Å². The van der Waals surface area contributed by atoms with Gasteiger partial charge in [-0.1, -0.05) is 19.1 Å². The summed E-state index contributed by atoms with van der Waals surface area (Å²) in [6.45, 7) is 5.29. The van der Waals surface area contributed by atoms with E-state index in [0.29, 0.717) is 17.8 Å². The SMILES string of the molecule is C[C@]12C(=O)c3ccccc3NC(=O)[C@@H]1[C@H]2C(=O)NCCN1CCCC1. The van der Waals surface area contributed by atoms with Gasteiger partial charge in [0.25, 0.3) is 0 Å². The third-order valence-electron chi connectivity index (χ3n) is 5.93. The number of benzene rings is 1. The van der Waals surface area contributed by atoms with Crippen LogP contribution >= 0.6 is 0 Å². The van der Waals surface area contributed by atoms with Gasteiger partial charge in [-0.2, -0.15) is 0 Å². The fraction of sp³-hybridized carbons (Fsp3) is 0.526. The fourth-order valence-corrected chi connectivity index (χ4v) is 4.39. The molecule has 25 heavy (non-hydrogen) atoms. The zero-order valence-electron chi connectivity index (χ0n) is 14.4. The van der Waals surface area contributed by atoms with E-state index >= 15 is 0 Å². The average Bonchev–Trinajstić information content (AvgIpc) is 2.97. The van der Waals surface area contributed by atoms with Crippen LogP contribution < -0.4 is 10.6 Å². The first kappa shape index (κ1) is 16.3. The molecule has 0 bridgehead atoms. The van der Waals surface area contributed by atoms with Gasteiger partial charge in [0, 0.05) is 18.7 Å². The van der Waals surface area contributed by atoms with Crippen molar-refractivity contribution < 1.29 is 14.4 Å². The van der Waals surface area contributed by atoms with Gasteiger partial charge in [0.2, 0.25) is 11.8 Å². The normalized spacial score (nSPS) is 30.9. The molecule has 1 aliphatic carbocycles. The number of hydrogen-bond acceptors (Lipinski definition) is 4. The lowest BCUT2D eigenvalue weighted by Crippen LogP contribution is -2.36. The van der Waals surface area contributed by atoms with Gasteiger partial charge in [-0.15, -0.1) is 0 Å². The monoisotopic (exact) mass is 341 g/mol. The number of fused-ring (bicyclic) bond motifs is 2. The summed E-state index contributed by atoms with van der Waals surface area (Å²) < 4.78 is 0. The predicted octanol–water partition coefficient (Wildman–Crippen LogP) is 1.29. The molecule has 132 valence electrons. The second kappa shape index (κ2) is 5.95. The highest BCUT2D eigenvalue weighted by atomic mass is 16.2. The average molecular weight is 341 g/mol. The lowest BCUT2D eigenvalue weighted by atomic mass is 9.92. The van der Waals surface area contributed by atoms with Crippen molar-refractivity contribution in [3.05, 3.63) is 29.8 Å². The summed E-state index contributed by atoms with van der Waals surface area (Å²) in [6, 6.07) is 7.00. The number of nitrogens with zero attached hydrogens (tertiary/aromatic N) is 1. The van der Waals surface area contributed by atoms with E-state index in [9.17, 15) is 14.4 Å². The highest BCUT2D eigenvalue weighted by Gasteiger charge is 2.73. The van der Waals surface area contributed by atoms with Crippen LogP contribution in [0, 0.1) is 17.3 Å². The highest BCUT2D eigenvalue weighted by molar-refractivity contribution is 6.19.